The van der Waals surface area contributed by atoms with Gasteiger partial charge in [-0.05, 0) is 31.2 Å². The molecule has 0 atom stereocenters. The van der Waals surface area contributed by atoms with Gasteiger partial charge in [0.2, 0.25) is 0 Å². The lowest BCUT2D eigenvalue weighted by atomic mass is 10.2. The molecule has 0 saturated heterocycles. The summed E-state index contributed by atoms with van der Waals surface area (Å²) in [7, 11) is 0. The third kappa shape index (κ3) is 2.81. The lowest BCUT2D eigenvalue weighted by Gasteiger charge is -2.07. The molecule has 3 aromatic rings. The normalized spacial score (nSPS) is 10.8. The molecule has 0 amide bonds. The fourth-order valence-electron chi connectivity index (χ4n) is 1.96. The molecule has 5 nitrogen and oxygen atoms in total. The summed E-state index contributed by atoms with van der Waals surface area (Å²) in [6.45, 7) is 1.92. The number of thiazole rings is 1. The third-order valence-corrected chi connectivity index (χ3v) is 3.93. The summed E-state index contributed by atoms with van der Waals surface area (Å²) >= 11 is 7.65. The van der Waals surface area contributed by atoms with Gasteiger partial charge >= 0.3 is 5.97 Å². The van der Waals surface area contributed by atoms with E-state index in [-0.39, 0.29) is 5.69 Å². The van der Waals surface area contributed by atoms with Gasteiger partial charge in [-0.25, -0.2) is 14.8 Å². The molecule has 0 radical (unpaired) electrons. The van der Waals surface area contributed by atoms with Crippen LogP contribution in [-0.2, 0) is 0 Å². The average molecular weight is 320 g/mol. The Hall–Kier alpha value is -2.18. The molecule has 0 aliphatic rings. The molecule has 3 rings (SSSR count). The second kappa shape index (κ2) is 5.31. The molecule has 2 aromatic heterocycles. The van der Waals surface area contributed by atoms with E-state index in [1.807, 2.05) is 13.0 Å². The van der Waals surface area contributed by atoms with Gasteiger partial charge < -0.3 is 10.4 Å². The van der Waals surface area contributed by atoms with Crippen LogP contribution in [0, 0.1) is 6.92 Å². The monoisotopic (exact) mass is 319 g/mol. The number of rotatable bonds is 3. The van der Waals surface area contributed by atoms with Crippen molar-refractivity contribution in [3.8, 4) is 0 Å². The first kappa shape index (κ1) is 13.8. The number of halogens is 1. The molecule has 0 aliphatic carbocycles. The van der Waals surface area contributed by atoms with Crippen LogP contribution in [0.15, 0.2) is 30.3 Å². The Morgan fingerprint density at radius 2 is 2.14 bits per heavy atom. The summed E-state index contributed by atoms with van der Waals surface area (Å²) in [6.07, 6.45) is 0. The number of hydrogen-bond donors (Lipinski definition) is 2. The highest BCUT2D eigenvalue weighted by Gasteiger charge is 2.10. The molecule has 0 bridgehead atoms. The van der Waals surface area contributed by atoms with Gasteiger partial charge in [0, 0.05) is 5.02 Å². The average Bonchev–Trinajstić information content (AvgIpc) is 2.79. The Bertz CT molecular complexity index is 847. The standard InChI is InChI=1S/C14H10ClN3O2S/c1-7-16-13-10(5-8(15)6-11(13)21-7)18-12-4-2-3-9(17-12)14(19)20/h2-6H,1H3,(H,17,18)(H,19,20). The number of nitrogens with one attached hydrogen (secondary N) is 1. The summed E-state index contributed by atoms with van der Waals surface area (Å²) in [5, 5.41) is 13.6. The Balaban J connectivity index is 2.05. The SMILES string of the molecule is Cc1nc2c(Nc3cccc(C(=O)O)n3)cc(Cl)cc2s1. The zero-order valence-electron chi connectivity index (χ0n) is 10.9. The predicted molar refractivity (Wildman–Crippen MR) is 83.8 cm³/mol. The first-order chi connectivity index (χ1) is 10.0. The predicted octanol–water partition coefficient (Wildman–Crippen LogP) is 4.09. The number of aryl methyl sites for hydroxylation is 1. The van der Waals surface area contributed by atoms with Crippen LogP contribution in [0.2, 0.25) is 5.02 Å². The maximum atomic E-state index is 11.0. The molecule has 2 heterocycles. The first-order valence-corrected chi connectivity index (χ1v) is 7.26. The maximum Gasteiger partial charge on any atom is 0.354 e. The van der Waals surface area contributed by atoms with Crippen LogP contribution < -0.4 is 5.32 Å². The van der Waals surface area contributed by atoms with Crippen LogP contribution in [0.1, 0.15) is 15.5 Å². The summed E-state index contributed by atoms with van der Waals surface area (Å²) in [5.41, 5.74) is 1.48. The second-order valence-corrected chi connectivity index (χ2v) is 6.04. The van der Waals surface area contributed by atoms with E-state index in [1.54, 1.807) is 29.5 Å². The summed E-state index contributed by atoms with van der Waals surface area (Å²) < 4.78 is 0.969. The van der Waals surface area contributed by atoms with Gasteiger partial charge in [0.1, 0.15) is 11.3 Å². The number of aromatic nitrogens is 2. The largest absolute Gasteiger partial charge is 0.477 e. The number of carboxylic acids is 1. The topological polar surface area (TPSA) is 75.1 Å². The van der Waals surface area contributed by atoms with Gasteiger partial charge in [-0.3, -0.25) is 0 Å². The lowest BCUT2D eigenvalue weighted by Crippen LogP contribution is -2.02. The van der Waals surface area contributed by atoms with Crippen molar-refractivity contribution < 1.29 is 9.90 Å². The minimum atomic E-state index is -1.07. The summed E-state index contributed by atoms with van der Waals surface area (Å²) in [5.74, 6) is -0.636. The molecule has 0 fully saturated rings. The first-order valence-electron chi connectivity index (χ1n) is 6.07. The smallest absolute Gasteiger partial charge is 0.354 e. The van der Waals surface area contributed by atoms with Crippen LogP contribution in [0.4, 0.5) is 11.5 Å². The highest BCUT2D eigenvalue weighted by atomic mass is 35.5. The van der Waals surface area contributed by atoms with Gasteiger partial charge in [-0.2, -0.15) is 0 Å². The molecule has 106 valence electrons. The van der Waals surface area contributed by atoms with Crippen molar-refractivity contribution in [3.63, 3.8) is 0 Å². The molecule has 0 aliphatic heterocycles. The van der Waals surface area contributed by atoms with Crippen LogP contribution in [0.5, 0.6) is 0 Å². The van der Waals surface area contributed by atoms with Crippen LogP contribution in [0.25, 0.3) is 10.2 Å². The van der Waals surface area contributed by atoms with E-state index in [2.05, 4.69) is 15.3 Å². The van der Waals surface area contributed by atoms with E-state index in [4.69, 9.17) is 16.7 Å². The van der Waals surface area contributed by atoms with Gasteiger partial charge in [0.15, 0.2) is 5.69 Å². The molecular formula is C14H10ClN3O2S. The fourth-order valence-corrected chi connectivity index (χ4v) is 3.14. The quantitative estimate of drug-likeness (QED) is 0.760. The summed E-state index contributed by atoms with van der Waals surface area (Å²) in [6, 6.07) is 8.37. The number of aromatic carboxylic acids is 1. The number of nitrogens with zero attached hydrogens (tertiary/aromatic N) is 2. The second-order valence-electron chi connectivity index (χ2n) is 4.37. The van der Waals surface area contributed by atoms with Gasteiger partial charge in [-0.15, -0.1) is 11.3 Å². The Morgan fingerprint density at radius 1 is 1.33 bits per heavy atom. The fraction of sp³-hybridized carbons (Fsp3) is 0.0714. The number of carboxylic acid groups (broad SMARTS) is 1. The molecule has 1 aromatic carbocycles. The van der Waals surface area contributed by atoms with Gasteiger partial charge in [0.25, 0.3) is 0 Å². The van der Waals surface area contributed by atoms with E-state index in [0.717, 1.165) is 15.2 Å². The molecule has 21 heavy (non-hydrogen) atoms. The zero-order chi connectivity index (χ0) is 15.0. The number of pyridine rings is 1. The summed E-state index contributed by atoms with van der Waals surface area (Å²) in [4.78, 5) is 19.4. The highest BCUT2D eigenvalue weighted by molar-refractivity contribution is 7.18. The van der Waals surface area contributed by atoms with Gasteiger partial charge in [0.05, 0.1) is 15.4 Å². The van der Waals surface area contributed by atoms with Crippen LogP contribution in [0.3, 0.4) is 0 Å². The van der Waals surface area contributed by atoms with E-state index < -0.39 is 5.97 Å². The molecule has 0 saturated carbocycles. The Morgan fingerprint density at radius 3 is 2.90 bits per heavy atom. The van der Waals surface area contributed by atoms with Crippen LogP contribution >= 0.6 is 22.9 Å². The van der Waals surface area contributed by atoms with Crippen molar-refractivity contribution in [2.45, 2.75) is 6.92 Å². The van der Waals surface area contributed by atoms with E-state index >= 15 is 0 Å². The molecule has 0 unspecified atom stereocenters. The minimum Gasteiger partial charge on any atom is -0.477 e. The molecule has 0 spiro atoms. The van der Waals surface area contributed by atoms with Crippen molar-refractivity contribution in [1.29, 1.82) is 0 Å². The number of benzene rings is 1. The number of fused-ring (bicyclic) bond motifs is 1. The Labute approximate surface area is 129 Å². The van der Waals surface area contributed by atoms with Crippen molar-refractivity contribution in [1.82, 2.24) is 9.97 Å². The number of hydrogen-bond acceptors (Lipinski definition) is 5. The van der Waals surface area contributed by atoms with Crippen molar-refractivity contribution >= 4 is 50.6 Å². The van der Waals surface area contributed by atoms with Crippen molar-refractivity contribution in [2.24, 2.45) is 0 Å². The molecule has 7 heteroatoms. The van der Waals surface area contributed by atoms with E-state index in [9.17, 15) is 4.79 Å². The lowest BCUT2D eigenvalue weighted by molar-refractivity contribution is 0.0690. The van der Waals surface area contributed by atoms with Crippen molar-refractivity contribution in [3.05, 3.63) is 46.1 Å². The van der Waals surface area contributed by atoms with Gasteiger partial charge in [-0.1, -0.05) is 17.7 Å². The minimum absolute atomic E-state index is 0.0206. The zero-order valence-corrected chi connectivity index (χ0v) is 12.5. The van der Waals surface area contributed by atoms with Crippen LogP contribution in [-0.4, -0.2) is 21.0 Å². The molecule has 2 N–H and O–H groups in total. The highest BCUT2D eigenvalue weighted by Crippen LogP contribution is 2.32. The number of carbonyl (C=O) groups is 1. The molecular weight excluding hydrogens is 310 g/mol. The number of anilines is 2. The van der Waals surface area contributed by atoms with E-state index in [1.165, 1.54) is 6.07 Å². The van der Waals surface area contributed by atoms with E-state index in [0.29, 0.717) is 16.5 Å². The maximum absolute atomic E-state index is 11.0. The third-order valence-electron chi connectivity index (χ3n) is 2.80. The Kier molecular flexibility index (Phi) is 3.48. The van der Waals surface area contributed by atoms with Crippen molar-refractivity contribution in [2.75, 3.05) is 5.32 Å².